The Balaban J connectivity index is 1.69. The zero-order chi connectivity index (χ0) is 17.3. The summed E-state index contributed by atoms with van der Waals surface area (Å²) in [6, 6.07) is 3.06. The summed E-state index contributed by atoms with van der Waals surface area (Å²) in [6.45, 7) is 0. The van der Waals surface area contributed by atoms with Crippen LogP contribution in [0, 0.1) is 11.6 Å². The van der Waals surface area contributed by atoms with Gasteiger partial charge in [0.1, 0.15) is 0 Å². The summed E-state index contributed by atoms with van der Waals surface area (Å²) in [5, 5.41) is 2.87. The lowest BCUT2D eigenvalue weighted by Crippen LogP contribution is -2.39. The summed E-state index contributed by atoms with van der Waals surface area (Å²) in [7, 11) is 3.77. The third-order valence-corrected chi connectivity index (χ3v) is 4.05. The van der Waals surface area contributed by atoms with Crippen molar-refractivity contribution in [1.29, 1.82) is 0 Å². The molecule has 1 N–H and O–H groups in total. The second-order valence-electron chi connectivity index (χ2n) is 6.08. The van der Waals surface area contributed by atoms with Crippen molar-refractivity contribution < 1.29 is 13.6 Å². The topological polar surface area (TPSA) is 58.1 Å². The van der Waals surface area contributed by atoms with Crippen molar-refractivity contribution in [1.82, 2.24) is 15.3 Å². The van der Waals surface area contributed by atoms with Crippen LogP contribution in [0.15, 0.2) is 24.4 Å². The zero-order valence-electron chi connectivity index (χ0n) is 13.5. The summed E-state index contributed by atoms with van der Waals surface area (Å²) in [5.41, 5.74) is 2.10. The number of nitrogens with one attached hydrogen (secondary N) is 1. The van der Waals surface area contributed by atoms with Crippen molar-refractivity contribution >= 4 is 11.9 Å². The first kappa shape index (κ1) is 16.3. The van der Waals surface area contributed by atoms with E-state index >= 15 is 0 Å². The molecule has 5 nitrogen and oxygen atoms in total. The molecule has 0 aliphatic heterocycles. The standard InChI is InChI=1S/C17H18F2N4O/c1-23(2)17-20-9-11-7-12(4-6-15(11)22-17)21-16(24)10-3-5-13(18)14(19)8-10/h3,5,8-9,12H,4,6-7H2,1-2H3,(H,21,24)/t12-/m0/s1. The number of carbonyl (C=O) groups excluding carboxylic acids is 1. The highest BCUT2D eigenvalue weighted by molar-refractivity contribution is 5.94. The van der Waals surface area contributed by atoms with Gasteiger partial charge in [-0.1, -0.05) is 0 Å². The number of hydrogen-bond acceptors (Lipinski definition) is 4. The minimum Gasteiger partial charge on any atom is -0.349 e. The molecule has 3 rings (SSSR count). The number of anilines is 1. The molecule has 1 atom stereocenters. The molecule has 0 bridgehead atoms. The molecule has 2 aromatic rings. The van der Waals surface area contributed by atoms with Gasteiger partial charge in [-0.15, -0.1) is 0 Å². The lowest BCUT2D eigenvalue weighted by molar-refractivity contribution is 0.0933. The van der Waals surface area contributed by atoms with Crippen LogP contribution < -0.4 is 10.2 Å². The first-order valence-electron chi connectivity index (χ1n) is 7.72. The van der Waals surface area contributed by atoms with Gasteiger partial charge in [-0.2, -0.15) is 0 Å². The lowest BCUT2D eigenvalue weighted by atomic mass is 9.92. The lowest BCUT2D eigenvalue weighted by Gasteiger charge is -2.25. The third-order valence-electron chi connectivity index (χ3n) is 4.05. The van der Waals surface area contributed by atoms with Gasteiger partial charge in [0.05, 0.1) is 0 Å². The number of aromatic nitrogens is 2. The number of halogens is 2. The van der Waals surface area contributed by atoms with E-state index in [0.29, 0.717) is 12.4 Å². The smallest absolute Gasteiger partial charge is 0.251 e. The molecule has 0 fully saturated rings. The van der Waals surface area contributed by atoms with Crippen LogP contribution in [0.4, 0.5) is 14.7 Å². The Morgan fingerprint density at radius 3 is 2.79 bits per heavy atom. The van der Waals surface area contributed by atoms with Crippen molar-refractivity contribution in [3.05, 3.63) is 52.9 Å². The van der Waals surface area contributed by atoms with E-state index in [-0.39, 0.29) is 11.6 Å². The number of hydrogen-bond donors (Lipinski definition) is 1. The Hall–Kier alpha value is -2.57. The molecular weight excluding hydrogens is 314 g/mol. The SMILES string of the molecule is CN(C)c1ncc2c(n1)CC[C@H](NC(=O)c1ccc(F)c(F)c1)C2. The largest absolute Gasteiger partial charge is 0.349 e. The predicted molar refractivity (Wildman–Crippen MR) is 86.0 cm³/mol. The number of aryl methyl sites for hydroxylation is 1. The fourth-order valence-electron chi connectivity index (χ4n) is 2.74. The highest BCUT2D eigenvalue weighted by atomic mass is 19.2. The quantitative estimate of drug-likeness (QED) is 0.935. The second-order valence-corrected chi connectivity index (χ2v) is 6.08. The van der Waals surface area contributed by atoms with Crippen LogP contribution in [0.25, 0.3) is 0 Å². The average molecular weight is 332 g/mol. The van der Waals surface area contributed by atoms with Gasteiger partial charge >= 0.3 is 0 Å². The van der Waals surface area contributed by atoms with Gasteiger partial charge in [0.25, 0.3) is 5.91 Å². The molecule has 1 heterocycles. The molecule has 126 valence electrons. The summed E-state index contributed by atoms with van der Waals surface area (Å²) in [4.78, 5) is 22.9. The van der Waals surface area contributed by atoms with E-state index in [2.05, 4.69) is 15.3 Å². The summed E-state index contributed by atoms with van der Waals surface area (Å²) >= 11 is 0. The van der Waals surface area contributed by atoms with Crippen LogP contribution >= 0.6 is 0 Å². The highest BCUT2D eigenvalue weighted by Crippen LogP contribution is 2.21. The van der Waals surface area contributed by atoms with Gasteiger partial charge in [-0.05, 0) is 43.0 Å². The van der Waals surface area contributed by atoms with Crippen LogP contribution in [0.1, 0.15) is 28.0 Å². The van der Waals surface area contributed by atoms with Crippen LogP contribution in [0.2, 0.25) is 0 Å². The van der Waals surface area contributed by atoms with E-state index in [1.54, 1.807) is 6.20 Å². The number of nitrogens with zero attached hydrogens (tertiary/aromatic N) is 3. The molecule has 24 heavy (non-hydrogen) atoms. The molecule has 0 saturated carbocycles. The van der Waals surface area contributed by atoms with Crippen molar-refractivity contribution in [2.24, 2.45) is 0 Å². The van der Waals surface area contributed by atoms with Gasteiger partial charge in [-0.25, -0.2) is 18.7 Å². The van der Waals surface area contributed by atoms with Crippen molar-refractivity contribution in [3.63, 3.8) is 0 Å². The summed E-state index contributed by atoms with van der Waals surface area (Å²) in [6.07, 6.45) is 3.89. The van der Waals surface area contributed by atoms with Gasteiger partial charge in [0.2, 0.25) is 5.95 Å². The average Bonchev–Trinajstić information content (AvgIpc) is 2.56. The highest BCUT2D eigenvalue weighted by Gasteiger charge is 2.23. The van der Waals surface area contributed by atoms with E-state index < -0.39 is 17.5 Å². The molecule has 0 spiro atoms. The van der Waals surface area contributed by atoms with Crippen LogP contribution in [-0.4, -0.2) is 36.0 Å². The molecule has 1 aliphatic carbocycles. The number of fused-ring (bicyclic) bond motifs is 1. The van der Waals surface area contributed by atoms with E-state index in [9.17, 15) is 13.6 Å². The van der Waals surface area contributed by atoms with E-state index in [0.717, 1.165) is 36.2 Å². The fraction of sp³-hybridized carbons (Fsp3) is 0.353. The van der Waals surface area contributed by atoms with E-state index in [1.165, 1.54) is 6.07 Å². The summed E-state index contributed by atoms with van der Waals surface area (Å²) < 4.78 is 26.2. The minimum absolute atomic E-state index is 0.0769. The van der Waals surface area contributed by atoms with Crippen molar-refractivity contribution in [2.75, 3.05) is 19.0 Å². The maximum absolute atomic E-state index is 13.2. The van der Waals surface area contributed by atoms with Gasteiger partial charge < -0.3 is 10.2 Å². The van der Waals surface area contributed by atoms with Crippen molar-refractivity contribution in [2.45, 2.75) is 25.3 Å². The Morgan fingerprint density at radius 2 is 2.08 bits per heavy atom. The number of carbonyl (C=O) groups is 1. The molecule has 0 radical (unpaired) electrons. The Labute approximate surface area is 138 Å². The fourth-order valence-corrected chi connectivity index (χ4v) is 2.74. The van der Waals surface area contributed by atoms with Gasteiger partial charge in [0, 0.05) is 37.6 Å². The molecule has 1 aliphatic rings. The monoisotopic (exact) mass is 332 g/mol. The first-order chi connectivity index (χ1) is 11.4. The van der Waals surface area contributed by atoms with Gasteiger partial charge in [0.15, 0.2) is 11.6 Å². The number of amides is 1. The Bertz CT molecular complexity index is 779. The maximum atomic E-state index is 13.2. The predicted octanol–water partition coefficient (Wildman–Crippen LogP) is 2.11. The molecule has 1 aromatic heterocycles. The third kappa shape index (κ3) is 3.34. The normalized spacial score (nSPS) is 16.4. The maximum Gasteiger partial charge on any atom is 0.251 e. The first-order valence-corrected chi connectivity index (χ1v) is 7.72. The molecule has 1 aromatic carbocycles. The van der Waals surface area contributed by atoms with Crippen LogP contribution in [-0.2, 0) is 12.8 Å². The number of benzene rings is 1. The minimum atomic E-state index is -1.03. The molecule has 1 amide bonds. The Morgan fingerprint density at radius 1 is 1.29 bits per heavy atom. The molecule has 0 saturated heterocycles. The van der Waals surface area contributed by atoms with Crippen molar-refractivity contribution in [3.8, 4) is 0 Å². The molecule has 0 unspecified atom stereocenters. The summed E-state index contributed by atoms with van der Waals surface area (Å²) in [5.74, 6) is -1.74. The van der Waals surface area contributed by atoms with E-state index in [1.807, 2.05) is 19.0 Å². The molecule has 7 heteroatoms. The zero-order valence-corrected chi connectivity index (χ0v) is 13.5. The van der Waals surface area contributed by atoms with Crippen LogP contribution in [0.3, 0.4) is 0 Å². The Kier molecular flexibility index (Phi) is 4.42. The van der Waals surface area contributed by atoms with E-state index in [4.69, 9.17) is 0 Å². The molecular formula is C17H18F2N4O. The second kappa shape index (κ2) is 6.51. The number of rotatable bonds is 3. The van der Waals surface area contributed by atoms with Gasteiger partial charge in [-0.3, -0.25) is 4.79 Å². The van der Waals surface area contributed by atoms with Crippen LogP contribution in [0.5, 0.6) is 0 Å².